The van der Waals surface area contributed by atoms with Crippen molar-refractivity contribution in [1.29, 1.82) is 0 Å². The van der Waals surface area contributed by atoms with E-state index in [1.807, 2.05) is 246 Å². The monoisotopic (exact) mass is 1530 g/mol. The van der Waals surface area contributed by atoms with Gasteiger partial charge in [-0.2, -0.15) is 9.97 Å². The van der Waals surface area contributed by atoms with Crippen molar-refractivity contribution >= 4 is 126 Å². The molecule has 18 aromatic rings. The Hall–Kier alpha value is -12.3. The van der Waals surface area contributed by atoms with E-state index in [0.717, 1.165) is 94.1 Å². The molecule has 0 spiro atoms. The number of aromatic nitrogens is 9. The van der Waals surface area contributed by atoms with E-state index in [2.05, 4.69) is 19.9 Å². The highest BCUT2D eigenvalue weighted by molar-refractivity contribution is 6.62. The van der Waals surface area contributed by atoms with Crippen LogP contribution in [0.15, 0.2) is 286 Å². The molecule has 19 rings (SSSR count). The number of nitrogens with zero attached hydrogens (tertiary/aromatic N) is 9. The van der Waals surface area contributed by atoms with Crippen LogP contribution in [0.4, 0.5) is 13.2 Å². The van der Waals surface area contributed by atoms with Crippen molar-refractivity contribution in [2.45, 2.75) is 38.9 Å². The molecule has 7 heterocycles. The molecule has 1 aliphatic heterocycles. The minimum atomic E-state index is -1.60. The Bertz CT molecular complexity index is 6530. The molecule has 0 bridgehead atoms. The summed E-state index contributed by atoms with van der Waals surface area (Å²) in [6, 6.07) is 83.3. The number of rotatable bonds is 10. The molecule has 16 nitrogen and oxygen atoms in total. The van der Waals surface area contributed by atoms with E-state index in [9.17, 15) is 8.78 Å². The maximum absolute atomic E-state index is 15.2. The second-order valence-corrected chi connectivity index (χ2v) is 28.0. The molecule has 1 saturated heterocycles. The van der Waals surface area contributed by atoms with Gasteiger partial charge in [0.05, 0.1) is 37.9 Å². The fraction of sp³-hybridized carbons (Fsp3) is 0.0690. The summed E-state index contributed by atoms with van der Waals surface area (Å²) >= 11 is 17.6. The van der Waals surface area contributed by atoms with Crippen LogP contribution < -0.4 is 10.9 Å². The second-order valence-electron chi connectivity index (χ2n) is 26.8. The normalized spacial score (nSPS) is 12.9. The summed E-state index contributed by atoms with van der Waals surface area (Å²) in [5.41, 5.74) is 9.88. The van der Waals surface area contributed by atoms with Gasteiger partial charge in [-0.15, -0.1) is 0 Å². The zero-order valence-electron chi connectivity index (χ0n) is 59.4. The summed E-state index contributed by atoms with van der Waals surface area (Å²) in [5.74, 6) is 2.27. The first-order valence-corrected chi connectivity index (χ1v) is 36.2. The van der Waals surface area contributed by atoms with Gasteiger partial charge < -0.3 is 32.6 Å². The molecule has 0 aliphatic carbocycles. The molecule has 12 aromatic carbocycles. The highest BCUT2D eigenvalue weighted by Crippen LogP contribution is 2.41. The van der Waals surface area contributed by atoms with Crippen LogP contribution in [0.1, 0.15) is 27.7 Å². The molecule has 111 heavy (non-hydrogen) atoms. The Balaban J connectivity index is 0.000000120. The van der Waals surface area contributed by atoms with Gasteiger partial charge in [0.25, 0.3) is 0 Å². The SMILES string of the molecule is CC1(C)OB(c2cc(-c3nc(-c4ccccc4)nc(-c4cccc5c4oc4ccccc45)n3)ccc2F)OC1(C)C.Clc1nc(-c2ccccc2)nc(-c2cccc3c2oc2ccccc23)n1.Fc1ccc(-c2nc(-c3ccccc3)nc(-c3cccc4c3oc3ccccc34)n2)cc1Cl.OB(O)c1ccc(F)c(Cl)c1. The smallest absolute Gasteiger partial charge is 0.455 e. The first-order valence-electron chi connectivity index (χ1n) is 35.0. The standard InChI is InChI=1S/C33H27BFN3O3.C27H15ClFN3O.C21H12ClN3O.C6H5BClFO2/c1-32(2)33(3,4)41-34(40-32)25-19-21(17-18-26(25)35)30-36-29(20-11-6-5-7-12-20)37-31(38-30)24-15-10-14-23-22-13-8-9-16-27(22)39-28(23)24;28-21-15-17(13-14-22(21)29)26-30-25(16-7-2-1-3-8-16)31-27(32-26)20-11-6-10-19-18-9-4-5-12-23(18)33-24(19)20;22-21-24-19(13-7-2-1-3-8-13)23-20(25-21)16-11-6-10-15-14-9-4-5-12-17(14)26-18(15)16;8-5-3-4(7(10)11)1-2-6(5)9/h5-19H,1-4H3;1-15H;1-12H;1-3,10-11H. The summed E-state index contributed by atoms with van der Waals surface area (Å²) in [6.45, 7) is 7.77. The van der Waals surface area contributed by atoms with Gasteiger partial charge in [0, 0.05) is 65.6 Å². The van der Waals surface area contributed by atoms with Crippen LogP contribution >= 0.6 is 34.8 Å². The zero-order valence-corrected chi connectivity index (χ0v) is 61.6. The lowest BCUT2D eigenvalue weighted by Crippen LogP contribution is -2.41. The fourth-order valence-electron chi connectivity index (χ4n) is 12.8. The highest BCUT2D eigenvalue weighted by Gasteiger charge is 2.52. The summed E-state index contributed by atoms with van der Waals surface area (Å²) < 4.78 is 72.3. The molecule has 1 aliphatic rings. The van der Waals surface area contributed by atoms with E-state index < -0.39 is 42.9 Å². The van der Waals surface area contributed by atoms with Gasteiger partial charge in [0.1, 0.15) is 50.9 Å². The van der Waals surface area contributed by atoms with Gasteiger partial charge in [-0.05, 0) is 130 Å². The Morgan fingerprint density at radius 3 is 1.03 bits per heavy atom. The molecule has 0 radical (unpaired) electrons. The lowest BCUT2D eigenvalue weighted by Gasteiger charge is -2.32. The third-order valence-corrected chi connectivity index (χ3v) is 19.8. The first kappa shape index (κ1) is 72.9. The van der Waals surface area contributed by atoms with Gasteiger partial charge in [-0.3, -0.25) is 0 Å². The van der Waals surface area contributed by atoms with E-state index in [1.54, 1.807) is 18.2 Å². The third-order valence-electron chi connectivity index (χ3n) is 19.1. The van der Waals surface area contributed by atoms with Crippen LogP contribution in [-0.4, -0.2) is 80.3 Å². The maximum atomic E-state index is 15.2. The van der Waals surface area contributed by atoms with Crippen molar-refractivity contribution in [3.63, 3.8) is 0 Å². The summed E-state index contributed by atoms with van der Waals surface area (Å²) in [5, 5.41) is 23.4. The van der Waals surface area contributed by atoms with E-state index in [-0.39, 0.29) is 20.8 Å². The topological polar surface area (TPSA) is 214 Å². The van der Waals surface area contributed by atoms with Crippen molar-refractivity contribution in [2.75, 3.05) is 0 Å². The Labute approximate surface area is 648 Å². The minimum Gasteiger partial charge on any atom is -0.455 e. The van der Waals surface area contributed by atoms with E-state index in [1.165, 1.54) is 30.3 Å². The fourth-order valence-corrected chi connectivity index (χ4v) is 13.3. The van der Waals surface area contributed by atoms with Crippen LogP contribution in [0.2, 0.25) is 15.3 Å². The maximum Gasteiger partial charge on any atom is 0.497 e. The Kier molecular flexibility index (Phi) is 20.1. The molecule has 24 heteroatoms. The molecule has 0 atom stereocenters. The van der Waals surface area contributed by atoms with Crippen molar-refractivity contribution in [3.8, 4) is 91.1 Å². The average Bonchev–Trinajstić information content (AvgIpc) is 1.69. The van der Waals surface area contributed by atoms with Crippen LogP contribution in [0.25, 0.3) is 157 Å². The number of halogens is 6. The Morgan fingerprint density at radius 2 is 0.631 bits per heavy atom. The third kappa shape index (κ3) is 14.9. The van der Waals surface area contributed by atoms with Crippen LogP contribution in [0, 0.1) is 17.5 Å². The molecule has 1 fully saturated rings. The summed E-state index contributed by atoms with van der Waals surface area (Å²) in [7, 11) is -2.47. The van der Waals surface area contributed by atoms with Crippen molar-refractivity contribution in [1.82, 2.24) is 44.9 Å². The van der Waals surface area contributed by atoms with Crippen molar-refractivity contribution in [3.05, 3.63) is 306 Å². The van der Waals surface area contributed by atoms with Crippen LogP contribution in [-0.2, 0) is 9.31 Å². The quantitative estimate of drug-likeness (QED) is 0.122. The van der Waals surface area contributed by atoms with Crippen molar-refractivity contribution < 1.29 is 45.8 Å². The van der Waals surface area contributed by atoms with Crippen LogP contribution in [0.5, 0.6) is 0 Å². The molecule has 0 unspecified atom stereocenters. The molecular formula is C87H59B2Cl3F3N9O7. The van der Waals surface area contributed by atoms with Gasteiger partial charge in [0.2, 0.25) is 5.28 Å². The molecule has 0 saturated carbocycles. The number of para-hydroxylation sites is 6. The molecular weight excluding hydrogens is 1470 g/mol. The highest BCUT2D eigenvalue weighted by atomic mass is 35.5. The average molecular weight is 1530 g/mol. The largest absolute Gasteiger partial charge is 0.497 e. The summed E-state index contributed by atoms with van der Waals surface area (Å²) in [6.07, 6.45) is 0. The Morgan fingerprint density at radius 1 is 0.315 bits per heavy atom. The van der Waals surface area contributed by atoms with E-state index in [4.69, 9.17) is 92.3 Å². The number of hydrogen-bond donors (Lipinski definition) is 2. The lowest BCUT2D eigenvalue weighted by atomic mass is 9.78. The summed E-state index contributed by atoms with van der Waals surface area (Å²) in [4.78, 5) is 42.0. The molecule has 542 valence electrons. The van der Waals surface area contributed by atoms with E-state index in [0.29, 0.717) is 74.4 Å². The zero-order chi connectivity index (χ0) is 76.7. The van der Waals surface area contributed by atoms with Crippen LogP contribution in [0.3, 0.4) is 0 Å². The van der Waals surface area contributed by atoms with Gasteiger partial charge in [0.15, 0.2) is 46.6 Å². The first-order chi connectivity index (χ1) is 53.8. The predicted octanol–water partition coefficient (Wildman–Crippen LogP) is 20.7. The molecule has 0 amide bonds. The van der Waals surface area contributed by atoms with Gasteiger partial charge in [-0.1, -0.05) is 211 Å². The predicted molar refractivity (Wildman–Crippen MR) is 432 cm³/mol. The van der Waals surface area contributed by atoms with Gasteiger partial charge >= 0.3 is 14.2 Å². The van der Waals surface area contributed by atoms with Crippen molar-refractivity contribution in [2.24, 2.45) is 0 Å². The number of fused-ring (bicyclic) bond motifs is 9. The lowest BCUT2D eigenvalue weighted by molar-refractivity contribution is 0.00578. The number of benzene rings is 12. The molecule has 6 aromatic heterocycles. The van der Waals surface area contributed by atoms with Gasteiger partial charge in [-0.25, -0.2) is 48.1 Å². The number of furan rings is 3. The van der Waals surface area contributed by atoms with E-state index >= 15 is 4.39 Å². The minimum absolute atomic E-state index is 0.00936. The number of hydrogen-bond acceptors (Lipinski definition) is 16. The second kappa shape index (κ2) is 30.6. The molecule has 2 N–H and O–H groups in total.